The van der Waals surface area contributed by atoms with E-state index >= 15 is 0 Å². The second-order valence-electron chi connectivity index (χ2n) is 5.27. The summed E-state index contributed by atoms with van der Waals surface area (Å²) in [6, 6.07) is 2.03. The third-order valence-electron chi connectivity index (χ3n) is 3.90. The second-order valence-corrected chi connectivity index (χ2v) is 5.58. The van der Waals surface area contributed by atoms with Crippen LogP contribution in [0.2, 0.25) is 0 Å². The smallest absolute Gasteiger partial charge is 0.370 e. The van der Waals surface area contributed by atoms with Crippen LogP contribution in [0.15, 0.2) is 18.3 Å². The molecule has 6 heteroatoms. The lowest BCUT2D eigenvalue weighted by atomic mass is 9.80. The highest BCUT2D eigenvalue weighted by molar-refractivity contribution is 6.18. The molecule has 0 radical (unpaired) electrons. The number of hydrogen-bond donors (Lipinski definition) is 1. The zero-order valence-electron chi connectivity index (χ0n) is 11.1. The first kappa shape index (κ1) is 15.4. The average molecular weight is 307 g/mol. The zero-order chi connectivity index (χ0) is 14.6. The summed E-state index contributed by atoms with van der Waals surface area (Å²) in [7, 11) is 0. The minimum Gasteiger partial charge on any atom is -0.370 e. The minimum absolute atomic E-state index is 0.277. The topological polar surface area (TPSA) is 24.9 Å². The summed E-state index contributed by atoms with van der Waals surface area (Å²) in [5.74, 6) is 1.75. The van der Waals surface area contributed by atoms with E-state index in [0.717, 1.165) is 31.4 Å². The molecule has 0 amide bonds. The summed E-state index contributed by atoms with van der Waals surface area (Å²) in [5.41, 5.74) is -0.674. The van der Waals surface area contributed by atoms with Crippen LogP contribution in [0.4, 0.5) is 19.0 Å². The SMILES string of the molecule is FC(F)(F)c1ccnc(NCC2CCCCC2CCl)c1. The average Bonchev–Trinajstić information content (AvgIpc) is 2.45. The summed E-state index contributed by atoms with van der Waals surface area (Å²) in [4.78, 5) is 3.94. The molecule has 20 heavy (non-hydrogen) atoms. The molecule has 1 aromatic heterocycles. The minimum atomic E-state index is -4.33. The Hall–Kier alpha value is -0.970. The van der Waals surface area contributed by atoms with Crippen LogP contribution in [-0.4, -0.2) is 17.4 Å². The quantitative estimate of drug-likeness (QED) is 0.825. The van der Waals surface area contributed by atoms with Crippen LogP contribution >= 0.6 is 11.6 Å². The first-order valence-electron chi connectivity index (χ1n) is 6.84. The highest BCUT2D eigenvalue weighted by Crippen LogP contribution is 2.32. The molecule has 2 nitrogen and oxygen atoms in total. The number of halogens is 4. The summed E-state index contributed by atoms with van der Waals surface area (Å²) >= 11 is 5.95. The number of rotatable bonds is 4. The predicted molar refractivity (Wildman–Crippen MR) is 73.9 cm³/mol. The van der Waals surface area contributed by atoms with Crippen LogP contribution in [0.1, 0.15) is 31.2 Å². The van der Waals surface area contributed by atoms with Crippen LogP contribution in [0.5, 0.6) is 0 Å². The molecule has 112 valence electrons. The van der Waals surface area contributed by atoms with Crippen molar-refractivity contribution in [3.63, 3.8) is 0 Å². The normalized spacial score (nSPS) is 23.6. The van der Waals surface area contributed by atoms with Gasteiger partial charge in [-0.25, -0.2) is 4.98 Å². The molecule has 2 unspecified atom stereocenters. The number of nitrogens with one attached hydrogen (secondary N) is 1. The molecule has 2 atom stereocenters. The summed E-state index contributed by atoms with van der Waals surface area (Å²) < 4.78 is 37.8. The molecular formula is C14H18ClF3N2. The molecule has 0 aliphatic heterocycles. The summed E-state index contributed by atoms with van der Waals surface area (Å²) in [5, 5.41) is 3.02. The number of anilines is 1. The van der Waals surface area contributed by atoms with Gasteiger partial charge < -0.3 is 5.32 Å². The first-order valence-corrected chi connectivity index (χ1v) is 7.37. The number of aromatic nitrogens is 1. The van der Waals surface area contributed by atoms with Gasteiger partial charge in [-0.1, -0.05) is 12.8 Å². The molecule has 0 spiro atoms. The fourth-order valence-corrected chi connectivity index (χ4v) is 3.10. The molecule has 1 fully saturated rings. The number of hydrogen-bond acceptors (Lipinski definition) is 2. The van der Waals surface area contributed by atoms with Gasteiger partial charge >= 0.3 is 6.18 Å². The van der Waals surface area contributed by atoms with Gasteiger partial charge in [-0.3, -0.25) is 0 Å². The Morgan fingerprint density at radius 3 is 2.60 bits per heavy atom. The Morgan fingerprint density at radius 1 is 1.25 bits per heavy atom. The lowest BCUT2D eigenvalue weighted by Crippen LogP contribution is -2.27. The fraction of sp³-hybridized carbons (Fsp3) is 0.643. The standard InChI is InChI=1S/C14H18ClF3N2/c15-8-10-3-1-2-4-11(10)9-20-13-7-12(5-6-19-13)14(16,17)18/h5-7,10-11H,1-4,8-9H2,(H,19,20). The predicted octanol–water partition coefficient (Wildman–Crippen LogP) is 4.56. The number of alkyl halides is 4. The van der Waals surface area contributed by atoms with E-state index in [2.05, 4.69) is 10.3 Å². The Kier molecular flexibility index (Phi) is 5.13. The molecule has 1 aliphatic rings. The highest BCUT2D eigenvalue weighted by atomic mass is 35.5. The van der Waals surface area contributed by atoms with Gasteiger partial charge in [-0.15, -0.1) is 11.6 Å². The van der Waals surface area contributed by atoms with Gasteiger partial charge in [0.2, 0.25) is 0 Å². The van der Waals surface area contributed by atoms with Crippen molar-refractivity contribution < 1.29 is 13.2 Å². The third kappa shape index (κ3) is 4.01. The zero-order valence-corrected chi connectivity index (χ0v) is 11.8. The molecule has 1 N–H and O–H groups in total. The van der Waals surface area contributed by atoms with E-state index in [1.165, 1.54) is 12.6 Å². The van der Waals surface area contributed by atoms with Gasteiger partial charge in [0.25, 0.3) is 0 Å². The third-order valence-corrected chi connectivity index (χ3v) is 4.29. The van der Waals surface area contributed by atoms with Crippen LogP contribution in [-0.2, 0) is 6.18 Å². The summed E-state index contributed by atoms with van der Waals surface area (Å²) in [6.07, 6.45) is 1.38. The van der Waals surface area contributed by atoms with E-state index < -0.39 is 11.7 Å². The van der Waals surface area contributed by atoms with Crippen molar-refractivity contribution >= 4 is 17.4 Å². The van der Waals surface area contributed by atoms with Crippen molar-refractivity contribution in [2.75, 3.05) is 17.7 Å². The Balaban J connectivity index is 1.96. The van der Waals surface area contributed by atoms with Crippen LogP contribution < -0.4 is 5.32 Å². The first-order chi connectivity index (χ1) is 9.50. The van der Waals surface area contributed by atoms with Crippen molar-refractivity contribution in [1.29, 1.82) is 0 Å². The maximum absolute atomic E-state index is 12.6. The monoisotopic (exact) mass is 306 g/mol. The molecule has 0 saturated heterocycles. The molecule has 1 aromatic rings. The van der Waals surface area contributed by atoms with E-state index in [1.807, 2.05) is 0 Å². The van der Waals surface area contributed by atoms with Crippen LogP contribution in [0.3, 0.4) is 0 Å². The van der Waals surface area contributed by atoms with Gasteiger partial charge in [-0.2, -0.15) is 13.2 Å². The number of pyridine rings is 1. The molecule has 0 aromatic carbocycles. The Labute approximate surface area is 121 Å². The van der Waals surface area contributed by atoms with Crippen LogP contribution in [0, 0.1) is 11.8 Å². The van der Waals surface area contributed by atoms with Crippen molar-refractivity contribution in [3.05, 3.63) is 23.9 Å². The van der Waals surface area contributed by atoms with Crippen LogP contribution in [0.25, 0.3) is 0 Å². The van der Waals surface area contributed by atoms with Gasteiger partial charge in [-0.05, 0) is 36.8 Å². The maximum atomic E-state index is 12.6. The second kappa shape index (κ2) is 6.66. The Morgan fingerprint density at radius 2 is 1.95 bits per heavy atom. The molecule has 2 rings (SSSR count). The van der Waals surface area contributed by atoms with E-state index in [1.54, 1.807) is 0 Å². The van der Waals surface area contributed by atoms with Gasteiger partial charge in [0, 0.05) is 18.6 Å². The van der Waals surface area contributed by atoms with Gasteiger partial charge in [0.1, 0.15) is 5.82 Å². The number of nitrogens with zero attached hydrogens (tertiary/aromatic N) is 1. The lowest BCUT2D eigenvalue weighted by molar-refractivity contribution is -0.137. The largest absolute Gasteiger partial charge is 0.416 e. The molecule has 1 aliphatic carbocycles. The summed E-state index contributed by atoms with van der Waals surface area (Å²) in [6.45, 7) is 0.631. The van der Waals surface area contributed by atoms with E-state index in [4.69, 9.17) is 11.6 Å². The van der Waals surface area contributed by atoms with Crippen molar-refractivity contribution in [2.45, 2.75) is 31.9 Å². The highest BCUT2D eigenvalue weighted by Gasteiger charge is 2.31. The maximum Gasteiger partial charge on any atom is 0.416 e. The van der Waals surface area contributed by atoms with Gasteiger partial charge in [0.05, 0.1) is 5.56 Å². The lowest BCUT2D eigenvalue weighted by Gasteiger charge is -2.30. The van der Waals surface area contributed by atoms with Gasteiger partial charge in [0.15, 0.2) is 0 Å². The molecular weight excluding hydrogens is 289 g/mol. The Bertz CT molecular complexity index is 437. The molecule has 1 saturated carbocycles. The van der Waals surface area contributed by atoms with E-state index in [0.29, 0.717) is 24.3 Å². The van der Waals surface area contributed by atoms with Crippen molar-refractivity contribution in [3.8, 4) is 0 Å². The van der Waals surface area contributed by atoms with Crippen molar-refractivity contribution in [1.82, 2.24) is 4.98 Å². The van der Waals surface area contributed by atoms with Crippen molar-refractivity contribution in [2.24, 2.45) is 11.8 Å². The van der Waals surface area contributed by atoms with E-state index in [-0.39, 0.29) is 5.82 Å². The fourth-order valence-electron chi connectivity index (χ4n) is 2.70. The van der Waals surface area contributed by atoms with E-state index in [9.17, 15) is 13.2 Å². The molecule has 0 bridgehead atoms. The molecule has 1 heterocycles.